The molecule has 4 N–H and O–H groups in total. The van der Waals surface area contributed by atoms with Crippen LogP contribution in [0.4, 0.5) is 4.79 Å². The van der Waals surface area contributed by atoms with Crippen LogP contribution >= 0.6 is 23.2 Å². The van der Waals surface area contributed by atoms with Gasteiger partial charge in [0.25, 0.3) is 0 Å². The van der Waals surface area contributed by atoms with E-state index in [0.29, 0.717) is 15.6 Å². The van der Waals surface area contributed by atoms with Crippen LogP contribution in [0.5, 0.6) is 0 Å². The van der Waals surface area contributed by atoms with Crippen molar-refractivity contribution in [2.24, 2.45) is 5.73 Å². The zero-order valence-electron chi connectivity index (χ0n) is 18.7. The second-order valence-electron chi connectivity index (χ2n) is 7.82. The van der Waals surface area contributed by atoms with Crippen molar-refractivity contribution in [2.75, 3.05) is 0 Å². The van der Waals surface area contributed by atoms with Gasteiger partial charge in [-0.15, -0.1) is 0 Å². The minimum Gasteiger partial charge on any atom is -0.445 e. The highest BCUT2D eigenvalue weighted by atomic mass is 35.5. The normalized spacial score (nSPS) is 12.3. The molecule has 3 amide bonds. The number of halogens is 2. The molecule has 0 heterocycles. The third-order valence-corrected chi connectivity index (χ3v) is 5.94. The number of primary amides is 1. The van der Waals surface area contributed by atoms with E-state index in [9.17, 15) is 14.4 Å². The first-order chi connectivity index (χ1) is 16.8. The van der Waals surface area contributed by atoms with Gasteiger partial charge in [0.05, 0.1) is 0 Å². The zero-order chi connectivity index (χ0) is 25.2. The lowest BCUT2D eigenvalue weighted by molar-refractivity contribution is -0.128. The SMILES string of the molecule is NC(=O)[C@H](Cc1c(Cl)cccc1Cl)NC(=O)[C@H](Cc1ccccc1)NC(=O)OCc1ccccc1. The van der Waals surface area contributed by atoms with Crippen molar-refractivity contribution in [1.29, 1.82) is 0 Å². The van der Waals surface area contributed by atoms with Gasteiger partial charge in [0.15, 0.2) is 0 Å². The highest BCUT2D eigenvalue weighted by Crippen LogP contribution is 2.25. The molecule has 0 fully saturated rings. The molecule has 0 unspecified atom stereocenters. The van der Waals surface area contributed by atoms with Crippen LogP contribution in [0.3, 0.4) is 0 Å². The van der Waals surface area contributed by atoms with Crippen LogP contribution in [-0.2, 0) is 33.8 Å². The van der Waals surface area contributed by atoms with Crippen molar-refractivity contribution in [1.82, 2.24) is 10.6 Å². The summed E-state index contributed by atoms with van der Waals surface area (Å²) in [7, 11) is 0. The maximum Gasteiger partial charge on any atom is 0.408 e. The summed E-state index contributed by atoms with van der Waals surface area (Å²) in [6.07, 6.45) is -0.601. The molecule has 7 nitrogen and oxygen atoms in total. The van der Waals surface area contributed by atoms with Crippen LogP contribution in [0.25, 0.3) is 0 Å². The van der Waals surface area contributed by atoms with E-state index in [4.69, 9.17) is 33.7 Å². The summed E-state index contributed by atoms with van der Waals surface area (Å²) in [4.78, 5) is 37.8. The molecule has 0 bridgehead atoms. The smallest absolute Gasteiger partial charge is 0.408 e. The van der Waals surface area contributed by atoms with Gasteiger partial charge < -0.3 is 21.1 Å². The molecule has 35 heavy (non-hydrogen) atoms. The zero-order valence-corrected chi connectivity index (χ0v) is 20.3. The molecular formula is C26H25Cl2N3O4. The molecule has 0 aromatic heterocycles. The van der Waals surface area contributed by atoms with E-state index in [1.54, 1.807) is 18.2 Å². The van der Waals surface area contributed by atoms with Gasteiger partial charge >= 0.3 is 6.09 Å². The summed E-state index contributed by atoms with van der Waals surface area (Å²) in [5.74, 6) is -1.36. The van der Waals surface area contributed by atoms with Crippen molar-refractivity contribution in [3.8, 4) is 0 Å². The fraction of sp³-hybridized carbons (Fsp3) is 0.192. The number of nitrogens with two attached hydrogens (primary N) is 1. The summed E-state index contributed by atoms with van der Waals surface area (Å²) in [6.45, 7) is 0.0429. The number of alkyl carbamates (subject to hydrolysis) is 1. The van der Waals surface area contributed by atoms with E-state index in [1.165, 1.54) is 0 Å². The molecule has 9 heteroatoms. The number of nitrogens with one attached hydrogen (secondary N) is 2. The average molecular weight is 514 g/mol. The van der Waals surface area contributed by atoms with Gasteiger partial charge in [0.1, 0.15) is 18.7 Å². The fourth-order valence-corrected chi connectivity index (χ4v) is 3.94. The molecule has 2 atom stereocenters. The van der Waals surface area contributed by atoms with Gasteiger partial charge in [0, 0.05) is 22.9 Å². The Balaban J connectivity index is 1.72. The Morgan fingerprint density at radius 3 is 1.89 bits per heavy atom. The second kappa shape index (κ2) is 12.8. The van der Waals surface area contributed by atoms with E-state index < -0.39 is 30.0 Å². The van der Waals surface area contributed by atoms with E-state index in [1.807, 2.05) is 60.7 Å². The molecule has 0 spiro atoms. The van der Waals surface area contributed by atoms with Crippen LogP contribution in [0.2, 0.25) is 10.0 Å². The third-order valence-electron chi connectivity index (χ3n) is 5.23. The number of hydrogen-bond donors (Lipinski definition) is 3. The van der Waals surface area contributed by atoms with Gasteiger partial charge in [-0.2, -0.15) is 0 Å². The number of ether oxygens (including phenoxy) is 1. The molecule has 0 radical (unpaired) electrons. The lowest BCUT2D eigenvalue weighted by Gasteiger charge is -2.22. The molecule has 3 aromatic carbocycles. The Kier molecular flexibility index (Phi) is 9.52. The van der Waals surface area contributed by atoms with Gasteiger partial charge in [0.2, 0.25) is 11.8 Å². The quantitative estimate of drug-likeness (QED) is 0.379. The van der Waals surface area contributed by atoms with E-state index in [2.05, 4.69) is 10.6 Å². The average Bonchev–Trinajstić information content (AvgIpc) is 2.85. The molecule has 0 aliphatic heterocycles. The van der Waals surface area contributed by atoms with Gasteiger partial charge in [-0.05, 0) is 28.8 Å². The molecule has 0 saturated carbocycles. The molecule has 3 aromatic rings. The van der Waals surface area contributed by atoms with Crippen molar-refractivity contribution >= 4 is 41.1 Å². The van der Waals surface area contributed by atoms with E-state index in [-0.39, 0.29) is 19.4 Å². The fourth-order valence-electron chi connectivity index (χ4n) is 3.39. The number of amides is 3. The van der Waals surface area contributed by atoms with Crippen LogP contribution in [0.15, 0.2) is 78.9 Å². The predicted molar refractivity (Wildman–Crippen MR) is 135 cm³/mol. The van der Waals surface area contributed by atoms with Crippen LogP contribution in [-0.4, -0.2) is 30.0 Å². The Morgan fingerprint density at radius 1 is 0.743 bits per heavy atom. The standard InChI is InChI=1S/C26H25Cl2N3O4/c27-20-12-7-13-21(28)19(20)15-22(24(29)32)30-25(33)23(14-17-8-3-1-4-9-17)31-26(34)35-16-18-10-5-2-6-11-18/h1-13,22-23H,14-16H2,(H2,29,32)(H,30,33)(H,31,34)/t22-,23-/m0/s1. The summed E-state index contributed by atoms with van der Waals surface area (Å²) < 4.78 is 5.27. The topological polar surface area (TPSA) is 111 Å². The first-order valence-electron chi connectivity index (χ1n) is 10.9. The van der Waals surface area contributed by atoms with E-state index in [0.717, 1.165) is 11.1 Å². The second-order valence-corrected chi connectivity index (χ2v) is 8.63. The first kappa shape index (κ1) is 26.1. The van der Waals surface area contributed by atoms with Gasteiger partial charge in [-0.3, -0.25) is 9.59 Å². The highest BCUT2D eigenvalue weighted by Gasteiger charge is 2.27. The summed E-state index contributed by atoms with van der Waals surface area (Å²) in [6, 6.07) is 21.1. The highest BCUT2D eigenvalue weighted by molar-refractivity contribution is 6.36. The lowest BCUT2D eigenvalue weighted by Crippen LogP contribution is -2.54. The lowest BCUT2D eigenvalue weighted by atomic mass is 10.0. The first-order valence-corrected chi connectivity index (χ1v) is 11.6. The van der Waals surface area contributed by atoms with Crippen LogP contribution < -0.4 is 16.4 Å². The summed E-state index contributed by atoms with van der Waals surface area (Å²) >= 11 is 12.4. The summed E-state index contributed by atoms with van der Waals surface area (Å²) in [5, 5.41) is 5.90. The Labute approximate surface area is 213 Å². The molecule has 0 aliphatic rings. The maximum absolute atomic E-state index is 13.2. The molecular weight excluding hydrogens is 489 g/mol. The Morgan fingerprint density at radius 2 is 1.31 bits per heavy atom. The third kappa shape index (κ3) is 8.02. The Hall–Kier alpha value is -3.55. The number of rotatable bonds is 10. The van der Waals surface area contributed by atoms with Crippen molar-refractivity contribution in [2.45, 2.75) is 31.5 Å². The monoisotopic (exact) mass is 513 g/mol. The number of hydrogen-bond acceptors (Lipinski definition) is 4. The molecule has 0 saturated heterocycles. The molecule has 3 rings (SSSR count). The molecule has 0 aliphatic carbocycles. The van der Waals surface area contributed by atoms with E-state index >= 15 is 0 Å². The maximum atomic E-state index is 13.2. The number of carbonyl (C=O) groups excluding carboxylic acids is 3. The largest absolute Gasteiger partial charge is 0.445 e. The molecule has 182 valence electrons. The minimum atomic E-state index is -1.10. The predicted octanol–water partition coefficient (Wildman–Crippen LogP) is 4.04. The van der Waals surface area contributed by atoms with Crippen LogP contribution in [0, 0.1) is 0 Å². The van der Waals surface area contributed by atoms with Crippen molar-refractivity contribution in [3.63, 3.8) is 0 Å². The van der Waals surface area contributed by atoms with Crippen LogP contribution in [0.1, 0.15) is 16.7 Å². The number of benzene rings is 3. The summed E-state index contributed by atoms with van der Waals surface area (Å²) in [5.41, 5.74) is 7.64. The minimum absolute atomic E-state index is 0.00388. The Bertz CT molecular complexity index is 1140. The van der Waals surface area contributed by atoms with Gasteiger partial charge in [-0.1, -0.05) is 89.9 Å². The number of carbonyl (C=O) groups is 3. The van der Waals surface area contributed by atoms with Crippen molar-refractivity contribution in [3.05, 3.63) is 106 Å². The van der Waals surface area contributed by atoms with Crippen molar-refractivity contribution < 1.29 is 19.1 Å². The van der Waals surface area contributed by atoms with Gasteiger partial charge in [-0.25, -0.2) is 4.79 Å².